The zero-order valence-corrected chi connectivity index (χ0v) is 19.3. The van der Waals surface area contributed by atoms with Gasteiger partial charge in [-0.3, -0.25) is 0 Å². The van der Waals surface area contributed by atoms with Crippen LogP contribution in [-0.4, -0.2) is 6.66 Å². The average molecular weight is 442 g/mol. The van der Waals surface area contributed by atoms with Gasteiger partial charge in [-0.1, -0.05) is 109 Å². The fourth-order valence-electron chi connectivity index (χ4n) is 6.61. The quantitative estimate of drug-likeness (QED) is 0.289. The second kappa shape index (κ2) is 6.56. The van der Waals surface area contributed by atoms with Gasteiger partial charge < -0.3 is 4.57 Å². The summed E-state index contributed by atoms with van der Waals surface area (Å²) in [7, 11) is -2.92. The van der Waals surface area contributed by atoms with Crippen LogP contribution in [0.15, 0.2) is 121 Å². The summed E-state index contributed by atoms with van der Waals surface area (Å²) in [6, 6.07) is 38.4. The normalized spacial score (nSPS) is 26.5. The van der Waals surface area contributed by atoms with Crippen molar-refractivity contribution in [2.75, 3.05) is 6.66 Å². The van der Waals surface area contributed by atoms with Crippen molar-refractivity contribution < 1.29 is 4.57 Å². The molecule has 0 amide bonds. The van der Waals surface area contributed by atoms with E-state index in [1.165, 1.54) is 39.0 Å². The van der Waals surface area contributed by atoms with Crippen molar-refractivity contribution >= 4 is 18.0 Å². The number of benzene rings is 4. The summed E-state index contributed by atoms with van der Waals surface area (Å²) in [4.78, 5) is 0. The highest BCUT2D eigenvalue weighted by molar-refractivity contribution is 7.75. The zero-order chi connectivity index (χ0) is 22.2. The Hall–Kier alpha value is -3.41. The second-order valence-electron chi connectivity index (χ2n) is 9.33. The molecule has 4 aliphatic rings. The van der Waals surface area contributed by atoms with Crippen LogP contribution in [0.25, 0.3) is 10.9 Å². The SMILES string of the molecule is CP1(=O)C(c2ccccc2)=CC2=C(c3ccccc3)C3c4ccccc4C21c1ccccc13. The maximum absolute atomic E-state index is 15.3. The Kier molecular flexibility index (Phi) is 3.80. The molecule has 0 saturated carbocycles. The lowest BCUT2D eigenvalue weighted by atomic mass is 9.59. The summed E-state index contributed by atoms with van der Waals surface area (Å²) in [6.45, 7) is 2.01. The molecule has 0 N–H and O–H groups in total. The summed E-state index contributed by atoms with van der Waals surface area (Å²) in [5, 5.41) is 0.337. The molecule has 0 saturated heterocycles. The zero-order valence-electron chi connectivity index (χ0n) is 18.4. The molecule has 1 heterocycles. The topological polar surface area (TPSA) is 17.1 Å². The Balaban J connectivity index is 1.68. The molecule has 1 spiro atoms. The molecule has 1 aliphatic heterocycles. The number of rotatable bonds is 2. The molecule has 0 fully saturated rings. The van der Waals surface area contributed by atoms with E-state index in [0.717, 1.165) is 10.9 Å². The van der Waals surface area contributed by atoms with Crippen molar-refractivity contribution in [3.05, 3.63) is 154 Å². The lowest BCUT2D eigenvalue weighted by molar-refractivity contribution is 0.566. The van der Waals surface area contributed by atoms with Crippen molar-refractivity contribution in [3.63, 3.8) is 0 Å². The Labute approximate surface area is 194 Å². The third-order valence-corrected chi connectivity index (χ3v) is 11.1. The molecule has 1 unspecified atom stereocenters. The molecule has 2 bridgehead atoms. The molecule has 4 aromatic carbocycles. The second-order valence-corrected chi connectivity index (χ2v) is 12.3. The van der Waals surface area contributed by atoms with Gasteiger partial charge in [-0.2, -0.15) is 0 Å². The maximum atomic E-state index is 15.3. The summed E-state index contributed by atoms with van der Waals surface area (Å²) in [5.41, 5.74) is 9.84. The molecular formula is C31H23OP. The summed E-state index contributed by atoms with van der Waals surface area (Å²) in [6.07, 6.45) is 2.28. The highest BCUT2D eigenvalue weighted by atomic mass is 31.2. The van der Waals surface area contributed by atoms with Crippen LogP contribution < -0.4 is 0 Å². The predicted molar refractivity (Wildman–Crippen MR) is 137 cm³/mol. The van der Waals surface area contributed by atoms with E-state index in [-0.39, 0.29) is 5.92 Å². The third kappa shape index (κ3) is 2.21. The van der Waals surface area contributed by atoms with Crippen LogP contribution in [0.4, 0.5) is 0 Å². The number of allylic oxidation sites excluding steroid dienone is 3. The van der Waals surface area contributed by atoms with Crippen molar-refractivity contribution in [1.29, 1.82) is 0 Å². The summed E-state index contributed by atoms with van der Waals surface area (Å²) >= 11 is 0. The van der Waals surface area contributed by atoms with Crippen molar-refractivity contribution in [3.8, 4) is 0 Å². The van der Waals surface area contributed by atoms with Crippen LogP contribution in [0, 0.1) is 0 Å². The minimum Gasteiger partial charge on any atom is -0.317 e. The van der Waals surface area contributed by atoms with Gasteiger partial charge in [0.2, 0.25) is 0 Å². The molecular weight excluding hydrogens is 419 g/mol. The highest BCUT2D eigenvalue weighted by Crippen LogP contribution is 2.83. The molecule has 8 rings (SSSR count). The van der Waals surface area contributed by atoms with E-state index in [4.69, 9.17) is 0 Å². The predicted octanol–water partition coefficient (Wildman–Crippen LogP) is 7.89. The average Bonchev–Trinajstić information content (AvgIpc) is 3.13. The van der Waals surface area contributed by atoms with E-state index < -0.39 is 12.3 Å². The number of hydrogen-bond donors (Lipinski definition) is 0. The maximum Gasteiger partial charge on any atom is 0.131 e. The van der Waals surface area contributed by atoms with E-state index in [1.54, 1.807) is 0 Å². The molecule has 33 heavy (non-hydrogen) atoms. The molecule has 4 aromatic rings. The fourth-order valence-corrected chi connectivity index (χ4v) is 9.96. The first kappa shape index (κ1) is 19.1. The van der Waals surface area contributed by atoms with Crippen LogP contribution in [0.1, 0.15) is 39.3 Å². The van der Waals surface area contributed by atoms with Crippen molar-refractivity contribution in [2.45, 2.75) is 11.1 Å². The van der Waals surface area contributed by atoms with Gasteiger partial charge in [0.15, 0.2) is 0 Å². The van der Waals surface area contributed by atoms with E-state index in [2.05, 4.69) is 97.1 Å². The van der Waals surface area contributed by atoms with E-state index in [9.17, 15) is 0 Å². The fraction of sp³-hybridized carbons (Fsp3) is 0.0968. The first-order valence-electron chi connectivity index (χ1n) is 11.5. The van der Waals surface area contributed by atoms with E-state index in [0.29, 0.717) is 0 Å². The molecule has 0 radical (unpaired) electrons. The minimum atomic E-state index is -2.92. The summed E-state index contributed by atoms with van der Waals surface area (Å²) < 4.78 is 15.3. The molecule has 0 aromatic heterocycles. The van der Waals surface area contributed by atoms with Crippen LogP contribution in [0.3, 0.4) is 0 Å². The van der Waals surface area contributed by atoms with Crippen LogP contribution >= 0.6 is 7.14 Å². The van der Waals surface area contributed by atoms with Gasteiger partial charge in [0.05, 0.1) is 0 Å². The van der Waals surface area contributed by atoms with Gasteiger partial charge in [-0.15, -0.1) is 0 Å². The van der Waals surface area contributed by atoms with Gasteiger partial charge in [0.1, 0.15) is 12.3 Å². The molecule has 2 heteroatoms. The lowest BCUT2D eigenvalue weighted by Gasteiger charge is -2.51. The largest absolute Gasteiger partial charge is 0.317 e. The van der Waals surface area contributed by atoms with Gasteiger partial charge in [-0.25, -0.2) is 0 Å². The molecule has 1 atom stereocenters. The summed E-state index contributed by atoms with van der Waals surface area (Å²) in [5.74, 6) is 0.142. The van der Waals surface area contributed by atoms with Crippen LogP contribution in [0.5, 0.6) is 0 Å². The lowest BCUT2D eigenvalue weighted by Crippen LogP contribution is -2.39. The first-order chi connectivity index (χ1) is 16.2. The van der Waals surface area contributed by atoms with Gasteiger partial charge in [0.25, 0.3) is 0 Å². The number of hydrogen-bond acceptors (Lipinski definition) is 1. The van der Waals surface area contributed by atoms with Gasteiger partial charge >= 0.3 is 0 Å². The molecule has 158 valence electrons. The third-order valence-electron chi connectivity index (χ3n) is 7.83. The Bertz CT molecular complexity index is 1490. The molecule has 3 aliphatic carbocycles. The van der Waals surface area contributed by atoms with Crippen LogP contribution in [-0.2, 0) is 9.72 Å². The van der Waals surface area contributed by atoms with Crippen molar-refractivity contribution in [2.24, 2.45) is 0 Å². The monoisotopic (exact) mass is 442 g/mol. The first-order valence-corrected chi connectivity index (χ1v) is 13.7. The molecule has 1 nitrogen and oxygen atoms in total. The van der Waals surface area contributed by atoms with Crippen LogP contribution in [0.2, 0.25) is 0 Å². The van der Waals surface area contributed by atoms with E-state index in [1.807, 2.05) is 24.9 Å². The van der Waals surface area contributed by atoms with Gasteiger partial charge in [0, 0.05) is 11.2 Å². The Morgan fingerprint density at radius 2 is 1.12 bits per heavy atom. The van der Waals surface area contributed by atoms with Crippen molar-refractivity contribution in [1.82, 2.24) is 0 Å². The smallest absolute Gasteiger partial charge is 0.131 e. The highest BCUT2D eigenvalue weighted by Gasteiger charge is 2.63. The van der Waals surface area contributed by atoms with Gasteiger partial charge in [-0.05, 0) is 57.3 Å². The minimum absolute atomic E-state index is 0.142. The Morgan fingerprint density at radius 3 is 1.70 bits per heavy atom. The van der Waals surface area contributed by atoms with E-state index >= 15 is 4.57 Å². The Morgan fingerprint density at radius 1 is 0.636 bits per heavy atom. The standard InChI is InChI=1S/C31H23OP/c1-33(32)28(21-12-4-2-5-13-21)20-27-29(22-14-6-3-7-15-22)30-23-16-8-10-18-25(23)31(27,33)26-19-11-9-17-24(26)30/h2-20,30H,1H3.